The number of nitro benzene ring substituents is 1. The fourth-order valence-electron chi connectivity index (χ4n) is 2.21. The molecular formula is C18H16ClN3O5. The lowest BCUT2D eigenvalue weighted by atomic mass is 10.2. The average molecular weight is 390 g/mol. The zero-order valence-corrected chi connectivity index (χ0v) is 15.2. The van der Waals surface area contributed by atoms with Gasteiger partial charge < -0.3 is 15.4 Å². The third-order valence-electron chi connectivity index (χ3n) is 3.37. The molecule has 9 heteroatoms. The van der Waals surface area contributed by atoms with E-state index >= 15 is 0 Å². The summed E-state index contributed by atoms with van der Waals surface area (Å²) in [4.78, 5) is 33.6. The van der Waals surface area contributed by atoms with E-state index < -0.39 is 10.8 Å². The molecule has 0 spiro atoms. The van der Waals surface area contributed by atoms with Crippen molar-refractivity contribution in [2.45, 2.75) is 6.92 Å². The smallest absolute Gasteiger partial charge is 0.288 e. The Hall–Kier alpha value is -3.39. The monoisotopic (exact) mass is 389 g/mol. The molecule has 0 fully saturated rings. The zero-order chi connectivity index (χ0) is 20.0. The molecule has 0 unspecified atom stereocenters. The first-order valence-electron chi connectivity index (χ1n) is 7.69. The van der Waals surface area contributed by atoms with Crippen LogP contribution < -0.4 is 15.4 Å². The minimum Gasteiger partial charge on any atom is -0.495 e. The SMILES string of the molecule is COc1ccc(NC(C)=O)cc1NC(=O)/C=C/c1ccc(Cl)c([N+](=O)[O-])c1. The van der Waals surface area contributed by atoms with Gasteiger partial charge in [-0.15, -0.1) is 0 Å². The van der Waals surface area contributed by atoms with Crippen molar-refractivity contribution in [3.05, 3.63) is 63.2 Å². The third kappa shape index (κ3) is 5.55. The summed E-state index contributed by atoms with van der Waals surface area (Å²) in [5.41, 5.74) is 1.06. The highest BCUT2D eigenvalue weighted by atomic mass is 35.5. The number of carbonyl (C=O) groups is 2. The molecule has 0 radical (unpaired) electrons. The van der Waals surface area contributed by atoms with Gasteiger partial charge in [-0.1, -0.05) is 17.7 Å². The highest BCUT2D eigenvalue weighted by Crippen LogP contribution is 2.28. The Balaban J connectivity index is 2.17. The summed E-state index contributed by atoms with van der Waals surface area (Å²) in [5.74, 6) is -0.319. The van der Waals surface area contributed by atoms with Crippen molar-refractivity contribution in [1.29, 1.82) is 0 Å². The van der Waals surface area contributed by atoms with E-state index in [0.29, 0.717) is 22.7 Å². The predicted molar refractivity (Wildman–Crippen MR) is 103 cm³/mol. The molecule has 0 heterocycles. The maximum Gasteiger partial charge on any atom is 0.288 e. The van der Waals surface area contributed by atoms with Crippen LogP contribution in [0.5, 0.6) is 5.75 Å². The molecule has 0 saturated carbocycles. The van der Waals surface area contributed by atoms with Gasteiger partial charge in [0.1, 0.15) is 10.8 Å². The number of amides is 2. The second kappa shape index (κ2) is 8.81. The molecule has 2 N–H and O–H groups in total. The van der Waals surface area contributed by atoms with Crippen LogP contribution >= 0.6 is 11.6 Å². The normalized spacial score (nSPS) is 10.5. The molecule has 0 aliphatic carbocycles. The van der Waals surface area contributed by atoms with E-state index in [2.05, 4.69) is 10.6 Å². The first kappa shape index (κ1) is 19.9. The van der Waals surface area contributed by atoms with Crippen LogP contribution in [0.1, 0.15) is 12.5 Å². The average Bonchev–Trinajstić information content (AvgIpc) is 2.60. The van der Waals surface area contributed by atoms with E-state index in [1.54, 1.807) is 24.3 Å². The standard InChI is InChI=1S/C18H16ClN3O5/c1-11(23)20-13-5-7-17(27-2)15(10-13)21-18(24)8-4-12-3-6-14(19)16(9-12)22(25)26/h3-10H,1-2H3,(H,20,23)(H,21,24)/b8-4+. The van der Waals surface area contributed by atoms with Gasteiger partial charge in [-0.3, -0.25) is 19.7 Å². The number of carbonyl (C=O) groups excluding carboxylic acids is 2. The van der Waals surface area contributed by atoms with Gasteiger partial charge >= 0.3 is 0 Å². The van der Waals surface area contributed by atoms with Gasteiger partial charge in [-0.25, -0.2) is 0 Å². The van der Waals surface area contributed by atoms with Crippen LogP contribution in [-0.4, -0.2) is 23.8 Å². The molecule has 0 saturated heterocycles. The van der Waals surface area contributed by atoms with Crippen LogP contribution in [0.3, 0.4) is 0 Å². The molecule has 0 bridgehead atoms. The lowest BCUT2D eigenvalue weighted by Crippen LogP contribution is -2.10. The number of methoxy groups -OCH3 is 1. The van der Waals surface area contributed by atoms with Gasteiger partial charge in [-0.2, -0.15) is 0 Å². The van der Waals surface area contributed by atoms with Crippen LogP contribution in [0.2, 0.25) is 5.02 Å². The Bertz CT molecular complexity index is 927. The Kier molecular flexibility index (Phi) is 6.51. The van der Waals surface area contributed by atoms with Gasteiger partial charge in [0.25, 0.3) is 5.69 Å². The summed E-state index contributed by atoms with van der Waals surface area (Å²) in [5, 5.41) is 16.2. The first-order valence-corrected chi connectivity index (χ1v) is 8.06. The van der Waals surface area contributed by atoms with E-state index in [9.17, 15) is 19.7 Å². The molecule has 2 aromatic rings. The molecule has 0 atom stereocenters. The number of benzene rings is 2. The molecule has 2 rings (SSSR count). The molecule has 8 nitrogen and oxygen atoms in total. The van der Waals surface area contributed by atoms with Gasteiger partial charge in [-0.05, 0) is 35.9 Å². The van der Waals surface area contributed by atoms with E-state index in [1.807, 2.05) is 0 Å². The van der Waals surface area contributed by atoms with Crippen molar-refractivity contribution >= 4 is 46.6 Å². The van der Waals surface area contributed by atoms with Crippen molar-refractivity contribution in [2.24, 2.45) is 0 Å². The third-order valence-corrected chi connectivity index (χ3v) is 3.69. The largest absolute Gasteiger partial charge is 0.495 e. The molecule has 27 heavy (non-hydrogen) atoms. The number of nitrogens with zero attached hydrogens (tertiary/aromatic N) is 1. The van der Waals surface area contributed by atoms with E-state index in [1.165, 1.54) is 38.3 Å². The van der Waals surface area contributed by atoms with Crippen LogP contribution in [0.25, 0.3) is 6.08 Å². The topological polar surface area (TPSA) is 111 Å². The quantitative estimate of drug-likeness (QED) is 0.442. The summed E-state index contributed by atoms with van der Waals surface area (Å²) in [6.07, 6.45) is 2.64. The van der Waals surface area contributed by atoms with Crippen molar-refractivity contribution in [1.82, 2.24) is 0 Å². The van der Waals surface area contributed by atoms with Crippen molar-refractivity contribution in [3.63, 3.8) is 0 Å². The Labute approximate surface area is 159 Å². The number of hydrogen-bond donors (Lipinski definition) is 2. The van der Waals surface area contributed by atoms with Gasteiger partial charge in [0.15, 0.2) is 0 Å². The minimum absolute atomic E-state index is 0.0149. The van der Waals surface area contributed by atoms with Crippen LogP contribution in [-0.2, 0) is 9.59 Å². The lowest BCUT2D eigenvalue weighted by molar-refractivity contribution is -0.384. The lowest BCUT2D eigenvalue weighted by Gasteiger charge is -2.11. The zero-order valence-electron chi connectivity index (χ0n) is 14.5. The van der Waals surface area contributed by atoms with Crippen molar-refractivity contribution < 1.29 is 19.2 Å². The number of rotatable bonds is 6. The predicted octanol–water partition coefficient (Wildman–Crippen LogP) is 3.87. The number of halogens is 1. The molecule has 0 aliphatic heterocycles. The Morgan fingerprint density at radius 3 is 2.56 bits per heavy atom. The highest BCUT2D eigenvalue weighted by molar-refractivity contribution is 6.32. The molecule has 140 valence electrons. The van der Waals surface area contributed by atoms with E-state index in [0.717, 1.165) is 0 Å². The van der Waals surface area contributed by atoms with E-state index in [4.69, 9.17) is 16.3 Å². The number of nitro groups is 1. The summed E-state index contributed by atoms with van der Waals surface area (Å²) < 4.78 is 5.18. The van der Waals surface area contributed by atoms with Crippen molar-refractivity contribution in [2.75, 3.05) is 17.7 Å². The van der Waals surface area contributed by atoms with Gasteiger partial charge in [0, 0.05) is 24.8 Å². The highest BCUT2D eigenvalue weighted by Gasteiger charge is 2.12. The molecule has 0 aliphatic rings. The fraction of sp³-hybridized carbons (Fsp3) is 0.111. The number of anilines is 2. The van der Waals surface area contributed by atoms with Gasteiger partial charge in [0.2, 0.25) is 11.8 Å². The number of ether oxygens (including phenoxy) is 1. The van der Waals surface area contributed by atoms with Crippen LogP contribution in [0.15, 0.2) is 42.5 Å². The maximum atomic E-state index is 12.2. The summed E-state index contributed by atoms with van der Waals surface area (Å²) >= 11 is 5.76. The second-order valence-electron chi connectivity index (χ2n) is 5.39. The number of hydrogen-bond acceptors (Lipinski definition) is 5. The van der Waals surface area contributed by atoms with Crippen LogP contribution in [0.4, 0.5) is 17.1 Å². The molecule has 0 aromatic heterocycles. The van der Waals surface area contributed by atoms with E-state index in [-0.39, 0.29) is 16.6 Å². The van der Waals surface area contributed by atoms with Crippen molar-refractivity contribution in [3.8, 4) is 5.75 Å². The Morgan fingerprint density at radius 2 is 1.93 bits per heavy atom. The summed E-state index contributed by atoms with van der Waals surface area (Å²) in [7, 11) is 1.45. The van der Waals surface area contributed by atoms with Crippen LogP contribution in [0, 0.1) is 10.1 Å². The second-order valence-corrected chi connectivity index (χ2v) is 5.79. The Morgan fingerprint density at radius 1 is 1.19 bits per heavy atom. The molecule has 2 amide bonds. The summed E-state index contributed by atoms with van der Waals surface area (Å²) in [6, 6.07) is 9.00. The fourth-order valence-corrected chi connectivity index (χ4v) is 2.39. The number of nitrogens with one attached hydrogen (secondary N) is 2. The maximum absolute atomic E-state index is 12.2. The first-order chi connectivity index (χ1) is 12.8. The molecular weight excluding hydrogens is 374 g/mol. The molecule has 2 aromatic carbocycles. The minimum atomic E-state index is -0.599. The van der Waals surface area contributed by atoms with Gasteiger partial charge in [0.05, 0.1) is 17.7 Å². The summed E-state index contributed by atoms with van der Waals surface area (Å²) in [6.45, 7) is 1.37.